The zero-order valence-corrected chi connectivity index (χ0v) is 12.8. The number of nitrogens with one attached hydrogen (secondary N) is 1. The van der Waals surface area contributed by atoms with E-state index in [4.69, 9.17) is 5.84 Å². The topological polar surface area (TPSA) is 67.1 Å². The molecule has 0 spiro atoms. The molecule has 0 atom stereocenters. The summed E-state index contributed by atoms with van der Waals surface area (Å²) in [6.07, 6.45) is -2.92. The van der Waals surface area contributed by atoms with Crippen molar-refractivity contribution in [2.45, 2.75) is 52.8 Å². The smallest absolute Gasteiger partial charge is 0.345 e. The van der Waals surface area contributed by atoms with Gasteiger partial charge in [0.15, 0.2) is 0 Å². The standard InChI is InChI=1S/C13H22F3N5/c1-5-6-10-18-11(20-17)9(4)12(19-10)21(8(2)3)7-13(14,15)16/h8H,5-7,17H2,1-4H3,(H,18,19,20). The van der Waals surface area contributed by atoms with Crippen LogP contribution in [-0.2, 0) is 6.42 Å². The molecule has 3 N–H and O–H groups in total. The maximum absolute atomic E-state index is 12.8. The van der Waals surface area contributed by atoms with Crippen LogP contribution in [0.1, 0.15) is 38.6 Å². The van der Waals surface area contributed by atoms with E-state index < -0.39 is 12.7 Å². The SMILES string of the molecule is CCCc1nc(NN)c(C)c(N(CC(F)(F)F)C(C)C)n1. The third kappa shape index (κ3) is 4.73. The Kier molecular flexibility index (Phi) is 5.77. The molecule has 0 unspecified atom stereocenters. The highest BCUT2D eigenvalue weighted by atomic mass is 19.4. The van der Waals surface area contributed by atoms with Gasteiger partial charge < -0.3 is 10.3 Å². The highest BCUT2D eigenvalue weighted by Crippen LogP contribution is 2.28. The van der Waals surface area contributed by atoms with Gasteiger partial charge in [-0.3, -0.25) is 0 Å². The van der Waals surface area contributed by atoms with E-state index in [1.54, 1.807) is 20.8 Å². The summed E-state index contributed by atoms with van der Waals surface area (Å²) >= 11 is 0. The average Bonchev–Trinajstić information content (AvgIpc) is 2.37. The Morgan fingerprint density at radius 2 is 1.90 bits per heavy atom. The van der Waals surface area contributed by atoms with Crippen LogP contribution < -0.4 is 16.2 Å². The second-order valence-corrected chi connectivity index (χ2v) is 5.17. The molecule has 1 rings (SSSR count). The van der Waals surface area contributed by atoms with Gasteiger partial charge in [0.2, 0.25) is 0 Å². The highest BCUT2D eigenvalue weighted by Gasteiger charge is 2.33. The van der Waals surface area contributed by atoms with E-state index >= 15 is 0 Å². The van der Waals surface area contributed by atoms with Crippen molar-refractivity contribution >= 4 is 11.6 Å². The Balaban J connectivity index is 3.31. The van der Waals surface area contributed by atoms with Gasteiger partial charge in [-0.05, 0) is 27.2 Å². The molecule has 1 heterocycles. The largest absolute Gasteiger partial charge is 0.405 e. The summed E-state index contributed by atoms with van der Waals surface area (Å²) in [7, 11) is 0. The predicted octanol–water partition coefficient (Wildman–Crippen LogP) is 2.80. The Morgan fingerprint density at radius 1 is 1.29 bits per heavy atom. The molecule has 0 saturated heterocycles. The molecule has 21 heavy (non-hydrogen) atoms. The average molecular weight is 305 g/mol. The summed E-state index contributed by atoms with van der Waals surface area (Å²) in [4.78, 5) is 9.74. The van der Waals surface area contributed by atoms with E-state index in [1.807, 2.05) is 6.92 Å². The molecule has 0 saturated carbocycles. The number of nitrogens with zero attached hydrogens (tertiary/aromatic N) is 3. The molecule has 0 radical (unpaired) electrons. The van der Waals surface area contributed by atoms with E-state index in [2.05, 4.69) is 15.4 Å². The first kappa shape index (κ1) is 17.5. The van der Waals surface area contributed by atoms with E-state index in [0.29, 0.717) is 23.6 Å². The molecule has 0 bridgehead atoms. The lowest BCUT2D eigenvalue weighted by Gasteiger charge is -2.30. The predicted molar refractivity (Wildman–Crippen MR) is 77.1 cm³/mol. The number of hydrogen-bond acceptors (Lipinski definition) is 5. The Labute approximate surface area is 122 Å². The molecule has 0 aliphatic carbocycles. The van der Waals surface area contributed by atoms with Crippen molar-refractivity contribution in [2.24, 2.45) is 5.84 Å². The minimum absolute atomic E-state index is 0.272. The van der Waals surface area contributed by atoms with E-state index in [0.717, 1.165) is 6.42 Å². The van der Waals surface area contributed by atoms with Crippen molar-refractivity contribution in [3.63, 3.8) is 0 Å². The van der Waals surface area contributed by atoms with Crippen molar-refractivity contribution in [1.82, 2.24) is 9.97 Å². The normalized spacial score (nSPS) is 11.9. The van der Waals surface area contributed by atoms with Gasteiger partial charge in [0.25, 0.3) is 0 Å². The molecule has 0 aromatic carbocycles. The lowest BCUT2D eigenvalue weighted by Crippen LogP contribution is -2.40. The van der Waals surface area contributed by atoms with Gasteiger partial charge in [-0.2, -0.15) is 13.2 Å². The monoisotopic (exact) mass is 305 g/mol. The van der Waals surface area contributed by atoms with Crippen LogP contribution in [0, 0.1) is 6.92 Å². The Hall–Kier alpha value is -1.57. The first-order valence-electron chi connectivity index (χ1n) is 6.87. The molecule has 8 heteroatoms. The van der Waals surface area contributed by atoms with Gasteiger partial charge in [-0.1, -0.05) is 6.92 Å². The quantitative estimate of drug-likeness (QED) is 0.625. The first-order chi connectivity index (χ1) is 9.69. The van der Waals surface area contributed by atoms with E-state index in [-0.39, 0.29) is 11.9 Å². The fourth-order valence-corrected chi connectivity index (χ4v) is 2.00. The number of nitrogen functional groups attached to an aromatic ring is 1. The number of aromatic nitrogens is 2. The summed E-state index contributed by atoms with van der Waals surface area (Å²) in [6.45, 7) is 5.95. The van der Waals surface area contributed by atoms with Crippen LogP contribution in [-0.4, -0.2) is 28.7 Å². The second-order valence-electron chi connectivity index (χ2n) is 5.17. The molecule has 5 nitrogen and oxygen atoms in total. The summed E-state index contributed by atoms with van der Waals surface area (Å²) < 4.78 is 38.4. The zero-order chi connectivity index (χ0) is 16.2. The minimum Gasteiger partial charge on any atom is -0.345 e. The Bertz CT molecular complexity index is 474. The fourth-order valence-electron chi connectivity index (χ4n) is 2.00. The summed E-state index contributed by atoms with van der Waals surface area (Å²) in [5.74, 6) is 6.52. The minimum atomic E-state index is -4.30. The van der Waals surface area contributed by atoms with Gasteiger partial charge in [0.1, 0.15) is 24.0 Å². The van der Waals surface area contributed by atoms with Gasteiger partial charge in [-0.25, -0.2) is 15.8 Å². The molecule has 0 aliphatic rings. The molecule has 0 amide bonds. The Morgan fingerprint density at radius 3 is 2.33 bits per heavy atom. The molecule has 120 valence electrons. The molecular formula is C13H22F3N5. The van der Waals surface area contributed by atoms with Crippen LogP contribution in [0.15, 0.2) is 0 Å². The number of alkyl halides is 3. The maximum Gasteiger partial charge on any atom is 0.405 e. The summed E-state index contributed by atoms with van der Waals surface area (Å²) in [5, 5.41) is 0. The summed E-state index contributed by atoms with van der Waals surface area (Å²) in [5.41, 5.74) is 2.94. The number of rotatable bonds is 6. The number of aryl methyl sites for hydroxylation is 1. The molecule has 0 aliphatic heterocycles. The van der Waals surface area contributed by atoms with E-state index in [9.17, 15) is 13.2 Å². The number of nitrogens with two attached hydrogens (primary N) is 1. The second kappa shape index (κ2) is 6.93. The highest BCUT2D eigenvalue weighted by molar-refractivity contribution is 5.58. The van der Waals surface area contributed by atoms with Crippen LogP contribution in [0.3, 0.4) is 0 Å². The molecular weight excluding hydrogens is 283 g/mol. The van der Waals surface area contributed by atoms with Crippen molar-refractivity contribution in [3.05, 3.63) is 11.4 Å². The van der Waals surface area contributed by atoms with E-state index in [1.165, 1.54) is 4.90 Å². The zero-order valence-electron chi connectivity index (χ0n) is 12.8. The van der Waals surface area contributed by atoms with Crippen molar-refractivity contribution in [2.75, 3.05) is 16.9 Å². The van der Waals surface area contributed by atoms with Crippen molar-refractivity contribution < 1.29 is 13.2 Å². The van der Waals surface area contributed by atoms with Crippen LogP contribution in [0.5, 0.6) is 0 Å². The number of hydrazine groups is 1. The molecule has 0 fully saturated rings. The van der Waals surface area contributed by atoms with Crippen LogP contribution in [0.4, 0.5) is 24.8 Å². The third-order valence-corrected chi connectivity index (χ3v) is 3.02. The lowest BCUT2D eigenvalue weighted by molar-refractivity contribution is -0.120. The van der Waals surface area contributed by atoms with Crippen molar-refractivity contribution in [1.29, 1.82) is 0 Å². The fraction of sp³-hybridized carbons (Fsp3) is 0.692. The van der Waals surface area contributed by atoms with Gasteiger partial charge in [0, 0.05) is 18.0 Å². The first-order valence-corrected chi connectivity index (χ1v) is 6.87. The number of halogens is 3. The maximum atomic E-state index is 12.8. The summed E-state index contributed by atoms with van der Waals surface area (Å²) in [6, 6.07) is -0.347. The number of anilines is 2. The van der Waals surface area contributed by atoms with Crippen LogP contribution in [0.2, 0.25) is 0 Å². The third-order valence-electron chi connectivity index (χ3n) is 3.02. The van der Waals surface area contributed by atoms with Crippen LogP contribution >= 0.6 is 0 Å². The van der Waals surface area contributed by atoms with Gasteiger partial charge in [0.05, 0.1) is 0 Å². The van der Waals surface area contributed by atoms with Crippen molar-refractivity contribution in [3.8, 4) is 0 Å². The van der Waals surface area contributed by atoms with Crippen LogP contribution in [0.25, 0.3) is 0 Å². The number of hydrogen-bond donors (Lipinski definition) is 2. The van der Waals surface area contributed by atoms with Gasteiger partial charge >= 0.3 is 6.18 Å². The lowest BCUT2D eigenvalue weighted by atomic mass is 10.2. The molecule has 1 aromatic heterocycles. The molecule has 1 aromatic rings. The van der Waals surface area contributed by atoms with Gasteiger partial charge in [-0.15, -0.1) is 0 Å².